The molecule has 0 aliphatic carbocycles. The van der Waals surface area contributed by atoms with E-state index in [0.717, 1.165) is 5.56 Å². The summed E-state index contributed by atoms with van der Waals surface area (Å²) in [5.74, 6) is -0.124. The molecule has 2 aromatic heterocycles. The lowest BCUT2D eigenvalue weighted by Crippen LogP contribution is -2.42. The van der Waals surface area contributed by atoms with Crippen LogP contribution in [0.4, 0.5) is 0 Å². The number of aromatic nitrogens is 3. The smallest absolute Gasteiger partial charge is 0.273 e. The minimum absolute atomic E-state index is 0.0232. The van der Waals surface area contributed by atoms with Crippen LogP contribution >= 0.6 is 11.6 Å². The standard InChI is InChI=1S/C20H20ClN5O2/c1-13(2)19-16(12-23-26(19)17-5-3-4-10-22-17)20(28)25-24-18(27)11-14-6-8-15(21)9-7-14/h3-10,12-13H,11H2,1-2H3,(H,24,27)(H,25,28). The molecule has 3 rings (SSSR count). The number of rotatable bonds is 5. The van der Waals surface area contributed by atoms with Crippen molar-refractivity contribution in [3.05, 3.63) is 76.7 Å². The van der Waals surface area contributed by atoms with Crippen molar-refractivity contribution in [3.8, 4) is 5.82 Å². The van der Waals surface area contributed by atoms with Gasteiger partial charge in [0.15, 0.2) is 5.82 Å². The van der Waals surface area contributed by atoms with Crippen LogP contribution in [0.5, 0.6) is 0 Å². The number of amides is 2. The van der Waals surface area contributed by atoms with Gasteiger partial charge in [0.05, 0.1) is 23.9 Å². The molecule has 0 aliphatic rings. The van der Waals surface area contributed by atoms with E-state index in [0.29, 0.717) is 22.1 Å². The van der Waals surface area contributed by atoms with Crippen LogP contribution in [-0.4, -0.2) is 26.6 Å². The van der Waals surface area contributed by atoms with Gasteiger partial charge in [0.1, 0.15) is 0 Å². The van der Waals surface area contributed by atoms with Gasteiger partial charge in [0, 0.05) is 11.2 Å². The topological polar surface area (TPSA) is 88.9 Å². The van der Waals surface area contributed by atoms with Crippen LogP contribution in [-0.2, 0) is 11.2 Å². The molecule has 0 radical (unpaired) electrons. The Morgan fingerprint density at radius 1 is 1.11 bits per heavy atom. The Hall–Kier alpha value is -3.19. The number of carbonyl (C=O) groups excluding carboxylic acids is 2. The monoisotopic (exact) mass is 397 g/mol. The van der Waals surface area contributed by atoms with Crippen LogP contribution < -0.4 is 10.9 Å². The van der Waals surface area contributed by atoms with Crippen molar-refractivity contribution in [1.29, 1.82) is 0 Å². The summed E-state index contributed by atoms with van der Waals surface area (Å²) in [6.07, 6.45) is 3.27. The maximum absolute atomic E-state index is 12.6. The highest BCUT2D eigenvalue weighted by Crippen LogP contribution is 2.22. The van der Waals surface area contributed by atoms with Gasteiger partial charge < -0.3 is 0 Å². The second kappa shape index (κ2) is 8.67. The lowest BCUT2D eigenvalue weighted by Gasteiger charge is -2.12. The number of nitrogens with one attached hydrogen (secondary N) is 2. The van der Waals surface area contributed by atoms with Crippen LogP contribution in [0.2, 0.25) is 5.02 Å². The Morgan fingerprint density at radius 3 is 2.50 bits per heavy atom. The highest BCUT2D eigenvalue weighted by Gasteiger charge is 2.21. The third-order valence-corrected chi connectivity index (χ3v) is 4.31. The lowest BCUT2D eigenvalue weighted by atomic mass is 10.1. The second-order valence-corrected chi connectivity index (χ2v) is 6.94. The molecule has 0 saturated carbocycles. The molecular formula is C20H20ClN5O2. The molecule has 144 valence electrons. The van der Waals surface area contributed by atoms with E-state index < -0.39 is 5.91 Å². The minimum Gasteiger partial charge on any atom is -0.273 e. The fourth-order valence-electron chi connectivity index (χ4n) is 2.78. The molecule has 0 unspecified atom stereocenters. The first-order valence-electron chi connectivity index (χ1n) is 8.78. The number of halogens is 1. The Kier molecular flexibility index (Phi) is 6.06. The van der Waals surface area contributed by atoms with E-state index in [1.807, 2.05) is 32.0 Å². The summed E-state index contributed by atoms with van der Waals surface area (Å²) in [5, 5.41) is 4.90. The van der Waals surface area contributed by atoms with Gasteiger partial charge in [-0.15, -0.1) is 0 Å². The van der Waals surface area contributed by atoms with Crippen molar-refractivity contribution >= 4 is 23.4 Å². The molecule has 8 heteroatoms. The van der Waals surface area contributed by atoms with E-state index in [4.69, 9.17) is 11.6 Å². The van der Waals surface area contributed by atoms with E-state index in [-0.39, 0.29) is 18.2 Å². The second-order valence-electron chi connectivity index (χ2n) is 6.50. The van der Waals surface area contributed by atoms with Crippen molar-refractivity contribution < 1.29 is 9.59 Å². The van der Waals surface area contributed by atoms with Gasteiger partial charge in [0.2, 0.25) is 5.91 Å². The van der Waals surface area contributed by atoms with Crippen molar-refractivity contribution in [3.63, 3.8) is 0 Å². The van der Waals surface area contributed by atoms with Gasteiger partial charge in [-0.3, -0.25) is 20.4 Å². The van der Waals surface area contributed by atoms with Crippen LogP contribution in [0.1, 0.15) is 41.4 Å². The quantitative estimate of drug-likeness (QED) is 0.647. The van der Waals surface area contributed by atoms with Crippen LogP contribution in [0.3, 0.4) is 0 Å². The summed E-state index contributed by atoms with van der Waals surface area (Å²) in [5.41, 5.74) is 6.77. The largest absolute Gasteiger partial charge is 0.273 e. The van der Waals surface area contributed by atoms with E-state index in [1.165, 1.54) is 6.20 Å². The number of hydrogen-bond acceptors (Lipinski definition) is 4. The van der Waals surface area contributed by atoms with Crippen LogP contribution in [0.15, 0.2) is 54.9 Å². The molecule has 0 spiro atoms. The Balaban J connectivity index is 1.69. The first-order valence-corrected chi connectivity index (χ1v) is 9.16. The summed E-state index contributed by atoms with van der Waals surface area (Å²) in [4.78, 5) is 29.0. The molecule has 2 N–H and O–H groups in total. The summed E-state index contributed by atoms with van der Waals surface area (Å²) in [6, 6.07) is 12.4. The number of benzene rings is 1. The normalized spacial score (nSPS) is 10.7. The molecule has 0 fully saturated rings. The molecule has 2 heterocycles. The average molecular weight is 398 g/mol. The maximum atomic E-state index is 12.6. The first-order chi connectivity index (χ1) is 13.5. The zero-order valence-electron chi connectivity index (χ0n) is 15.5. The van der Waals surface area contributed by atoms with E-state index in [2.05, 4.69) is 20.9 Å². The number of hydrazine groups is 1. The Labute approximate surface area is 167 Å². The zero-order valence-corrected chi connectivity index (χ0v) is 16.3. The molecule has 0 saturated heterocycles. The molecule has 3 aromatic rings. The lowest BCUT2D eigenvalue weighted by molar-refractivity contribution is -0.121. The fourth-order valence-corrected chi connectivity index (χ4v) is 2.90. The Morgan fingerprint density at radius 2 is 1.86 bits per heavy atom. The third kappa shape index (κ3) is 4.55. The summed E-state index contributed by atoms with van der Waals surface area (Å²) in [6.45, 7) is 3.93. The molecule has 2 amide bonds. The SMILES string of the molecule is CC(C)c1c(C(=O)NNC(=O)Cc2ccc(Cl)cc2)cnn1-c1ccccn1. The van der Waals surface area contributed by atoms with Gasteiger partial charge in [-0.1, -0.05) is 43.6 Å². The summed E-state index contributed by atoms with van der Waals surface area (Å²) in [7, 11) is 0. The number of nitrogens with zero attached hydrogens (tertiary/aromatic N) is 3. The van der Waals surface area contributed by atoms with Crippen molar-refractivity contribution in [1.82, 2.24) is 25.6 Å². The molecular weight excluding hydrogens is 378 g/mol. The van der Waals surface area contributed by atoms with Gasteiger partial charge in [-0.05, 0) is 35.7 Å². The summed E-state index contributed by atoms with van der Waals surface area (Å²) >= 11 is 5.84. The van der Waals surface area contributed by atoms with Crippen LogP contribution in [0, 0.1) is 0 Å². The predicted octanol–water partition coefficient (Wildman–Crippen LogP) is 3.05. The van der Waals surface area contributed by atoms with Crippen LogP contribution in [0.25, 0.3) is 5.82 Å². The maximum Gasteiger partial charge on any atom is 0.273 e. The minimum atomic E-state index is -0.435. The van der Waals surface area contributed by atoms with Gasteiger partial charge in [-0.2, -0.15) is 5.10 Å². The van der Waals surface area contributed by atoms with E-state index in [9.17, 15) is 9.59 Å². The number of carbonyl (C=O) groups is 2. The molecule has 0 aliphatic heterocycles. The highest BCUT2D eigenvalue weighted by molar-refractivity contribution is 6.30. The van der Waals surface area contributed by atoms with Gasteiger partial charge in [0.25, 0.3) is 5.91 Å². The number of hydrogen-bond donors (Lipinski definition) is 2. The van der Waals surface area contributed by atoms with Crippen molar-refractivity contribution in [2.45, 2.75) is 26.2 Å². The Bertz CT molecular complexity index is 968. The van der Waals surface area contributed by atoms with Crippen molar-refractivity contribution in [2.75, 3.05) is 0 Å². The fraction of sp³-hybridized carbons (Fsp3) is 0.200. The van der Waals surface area contributed by atoms with E-state index in [1.54, 1.807) is 35.1 Å². The first kappa shape index (κ1) is 19.6. The summed E-state index contributed by atoms with van der Waals surface area (Å²) < 4.78 is 1.63. The van der Waals surface area contributed by atoms with E-state index >= 15 is 0 Å². The molecule has 0 bridgehead atoms. The average Bonchev–Trinajstić information content (AvgIpc) is 3.14. The predicted molar refractivity (Wildman–Crippen MR) is 106 cm³/mol. The molecule has 28 heavy (non-hydrogen) atoms. The third-order valence-electron chi connectivity index (χ3n) is 4.06. The number of pyridine rings is 1. The molecule has 7 nitrogen and oxygen atoms in total. The molecule has 0 atom stereocenters. The van der Waals surface area contributed by atoms with Crippen molar-refractivity contribution in [2.24, 2.45) is 0 Å². The highest BCUT2D eigenvalue weighted by atomic mass is 35.5. The van der Waals surface area contributed by atoms with Gasteiger partial charge in [-0.25, -0.2) is 9.67 Å². The van der Waals surface area contributed by atoms with Gasteiger partial charge >= 0.3 is 0 Å². The molecule has 1 aromatic carbocycles. The zero-order chi connectivity index (χ0) is 20.1.